The first kappa shape index (κ1) is 18.5. The highest BCUT2D eigenvalue weighted by Crippen LogP contribution is 2.22. The molecule has 7 nitrogen and oxygen atoms in total. The maximum atomic E-state index is 9.79. The predicted molar refractivity (Wildman–Crippen MR) is 74.4 cm³/mol. The van der Waals surface area contributed by atoms with Crippen molar-refractivity contribution in [3.05, 3.63) is 11.6 Å². The predicted octanol–water partition coefficient (Wildman–Crippen LogP) is -1.09. The van der Waals surface area contributed by atoms with Gasteiger partial charge in [-0.25, -0.2) is 0 Å². The van der Waals surface area contributed by atoms with Crippen LogP contribution < -0.4 is 0 Å². The van der Waals surface area contributed by atoms with Gasteiger partial charge in [0, 0.05) is 0 Å². The topological polar surface area (TPSA) is 120 Å². The van der Waals surface area contributed by atoms with Crippen LogP contribution in [0.25, 0.3) is 0 Å². The highest BCUT2D eigenvalue weighted by atomic mass is 16.7. The fourth-order valence-corrected chi connectivity index (χ4v) is 2.05. The van der Waals surface area contributed by atoms with Gasteiger partial charge in [-0.05, 0) is 26.7 Å². The lowest BCUT2D eigenvalue weighted by Crippen LogP contribution is -2.59. The van der Waals surface area contributed by atoms with Gasteiger partial charge in [-0.15, -0.1) is 0 Å². The van der Waals surface area contributed by atoms with E-state index in [9.17, 15) is 15.3 Å². The monoisotopic (exact) mass is 306 g/mol. The lowest BCUT2D eigenvalue weighted by Gasteiger charge is -2.39. The van der Waals surface area contributed by atoms with Gasteiger partial charge in [0.25, 0.3) is 0 Å². The van der Waals surface area contributed by atoms with Crippen LogP contribution >= 0.6 is 0 Å². The Morgan fingerprint density at radius 2 is 1.90 bits per heavy atom. The third-order valence-electron chi connectivity index (χ3n) is 3.40. The molecule has 0 spiro atoms. The number of hydrogen-bond acceptors (Lipinski definition) is 7. The lowest BCUT2D eigenvalue weighted by molar-refractivity contribution is -0.299. The molecule has 6 atom stereocenters. The van der Waals surface area contributed by atoms with Crippen LogP contribution in [0.1, 0.15) is 26.7 Å². The van der Waals surface area contributed by atoms with E-state index in [0.717, 1.165) is 5.57 Å². The number of rotatable bonds is 7. The summed E-state index contributed by atoms with van der Waals surface area (Å²) in [5, 5.41) is 47.3. The van der Waals surface area contributed by atoms with Gasteiger partial charge < -0.3 is 35.0 Å². The van der Waals surface area contributed by atoms with E-state index >= 15 is 0 Å². The first-order valence-electron chi connectivity index (χ1n) is 7.12. The normalized spacial score (nSPS) is 35.8. The molecule has 0 saturated carbocycles. The van der Waals surface area contributed by atoms with Gasteiger partial charge in [-0.1, -0.05) is 11.6 Å². The molecule has 1 aliphatic rings. The molecule has 7 heteroatoms. The smallest absolute Gasteiger partial charge is 0.187 e. The van der Waals surface area contributed by atoms with Gasteiger partial charge in [0.15, 0.2) is 6.29 Å². The van der Waals surface area contributed by atoms with Crippen LogP contribution in [0, 0.1) is 0 Å². The molecule has 0 aromatic rings. The summed E-state index contributed by atoms with van der Waals surface area (Å²) in [6, 6.07) is 0. The Kier molecular flexibility index (Phi) is 7.75. The largest absolute Gasteiger partial charge is 0.394 e. The van der Waals surface area contributed by atoms with Crippen molar-refractivity contribution in [3.63, 3.8) is 0 Å². The maximum Gasteiger partial charge on any atom is 0.187 e. The van der Waals surface area contributed by atoms with E-state index in [-0.39, 0.29) is 12.7 Å². The zero-order valence-electron chi connectivity index (χ0n) is 12.4. The third-order valence-corrected chi connectivity index (χ3v) is 3.40. The summed E-state index contributed by atoms with van der Waals surface area (Å²) in [5.41, 5.74) is 0.896. The first-order valence-corrected chi connectivity index (χ1v) is 7.12. The minimum Gasteiger partial charge on any atom is -0.394 e. The van der Waals surface area contributed by atoms with Crippen molar-refractivity contribution in [3.8, 4) is 0 Å². The molecule has 1 heterocycles. The first-order chi connectivity index (χ1) is 9.86. The van der Waals surface area contributed by atoms with Crippen LogP contribution in [0.4, 0.5) is 0 Å². The summed E-state index contributed by atoms with van der Waals surface area (Å²) in [6.45, 7) is 3.26. The summed E-state index contributed by atoms with van der Waals surface area (Å²) < 4.78 is 10.6. The number of aliphatic hydroxyl groups excluding tert-OH is 5. The molecule has 0 radical (unpaired) electrons. The number of allylic oxidation sites excluding steroid dienone is 1. The van der Waals surface area contributed by atoms with Crippen molar-refractivity contribution >= 4 is 0 Å². The van der Waals surface area contributed by atoms with Crippen molar-refractivity contribution in [2.75, 3.05) is 13.2 Å². The fraction of sp³-hybridized carbons (Fsp3) is 0.857. The van der Waals surface area contributed by atoms with Gasteiger partial charge in [0.1, 0.15) is 24.4 Å². The molecule has 0 bridgehead atoms. The minimum absolute atomic E-state index is 0.183. The molecule has 1 rings (SSSR count). The molecular formula is C14H26O7. The quantitative estimate of drug-likeness (QED) is 0.379. The van der Waals surface area contributed by atoms with Crippen LogP contribution in [0.3, 0.4) is 0 Å². The molecule has 124 valence electrons. The standard InChI is InChI=1S/C14H26O7/c1-8(4-3-5-9(2)16)7-20-14-13(19)12(18)11(17)10(6-15)21-14/h4,9-19H,3,5-7H2,1-2H3/b8-4+/t9-,10-,11-,12+,13-,14-/m1/s1. The van der Waals surface area contributed by atoms with Crippen LogP contribution in [0.15, 0.2) is 11.6 Å². The Hall–Kier alpha value is -0.540. The molecule has 0 aliphatic carbocycles. The molecule has 21 heavy (non-hydrogen) atoms. The Bertz CT molecular complexity index is 329. The summed E-state index contributed by atoms with van der Waals surface area (Å²) in [7, 11) is 0. The third kappa shape index (κ3) is 5.63. The van der Waals surface area contributed by atoms with Crippen molar-refractivity contribution in [1.82, 2.24) is 0 Å². The van der Waals surface area contributed by atoms with E-state index in [2.05, 4.69) is 0 Å². The van der Waals surface area contributed by atoms with Crippen LogP contribution in [-0.2, 0) is 9.47 Å². The highest BCUT2D eigenvalue weighted by molar-refractivity contribution is 4.99. The van der Waals surface area contributed by atoms with Gasteiger partial charge >= 0.3 is 0 Å². The second-order valence-corrected chi connectivity index (χ2v) is 5.49. The zero-order valence-corrected chi connectivity index (χ0v) is 12.4. The Balaban J connectivity index is 2.46. The minimum atomic E-state index is -1.43. The molecule has 0 aromatic heterocycles. The maximum absolute atomic E-state index is 9.79. The van der Waals surface area contributed by atoms with Crippen molar-refractivity contribution in [2.24, 2.45) is 0 Å². The fourth-order valence-electron chi connectivity index (χ4n) is 2.05. The number of aliphatic hydroxyl groups is 5. The Morgan fingerprint density at radius 3 is 2.48 bits per heavy atom. The van der Waals surface area contributed by atoms with E-state index in [1.54, 1.807) is 6.92 Å². The summed E-state index contributed by atoms with van der Waals surface area (Å²) >= 11 is 0. The van der Waals surface area contributed by atoms with Gasteiger partial charge in [-0.3, -0.25) is 0 Å². The molecule has 1 fully saturated rings. The van der Waals surface area contributed by atoms with Crippen molar-refractivity contribution in [1.29, 1.82) is 0 Å². The molecular weight excluding hydrogens is 280 g/mol. The van der Waals surface area contributed by atoms with Crippen molar-refractivity contribution < 1.29 is 35.0 Å². The molecule has 0 amide bonds. The van der Waals surface area contributed by atoms with E-state index < -0.39 is 37.3 Å². The zero-order chi connectivity index (χ0) is 16.0. The molecule has 0 unspecified atom stereocenters. The number of hydrogen-bond donors (Lipinski definition) is 5. The second-order valence-electron chi connectivity index (χ2n) is 5.49. The summed E-state index contributed by atoms with van der Waals surface area (Å²) in [4.78, 5) is 0. The summed E-state index contributed by atoms with van der Waals surface area (Å²) in [5.74, 6) is 0. The molecule has 5 N–H and O–H groups in total. The van der Waals surface area contributed by atoms with Gasteiger partial charge in [0.2, 0.25) is 0 Å². The lowest BCUT2D eigenvalue weighted by atomic mass is 9.99. The average Bonchev–Trinajstić information content (AvgIpc) is 2.43. The van der Waals surface area contributed by atoms with E-state index in [1.165, 1.54) is 0 Å². The van der Waals surface area contributed by atoms with Crippen LogP contribution in [-0.4, -0.2) is 75.6 Å². The second kappa shape index (κ2) is 8.79. The van der Waals surface area contributed by atoms with Crippen LogP contribution in [0.2, 0.25) is 0 Å². The number of ether oxygens (including phenoxy) is 2. The average molecular weight is 306 g/mol. The van der Waals surface area contributed by atoms with Crippen molar-refractivity contribution in [2.45, 2.75) is 63.5 Å². The SMILES string of the molecule is C/C(=C\CC[C@@H](C)O)CO[C@@H]1O[C@H](CO)[C@@H](O)[C@H](O)[C@H]1O. The van der Waals surface area contributed by atoms with E-state index in [0.29, 0.717) is 12.8 Å². The molecule has 1 saturated heterocycles. The Morgan fingerprint density at radius 1 is 1.24 bits per heavy atom. The Labute approximate surface area is 124 Å². The van der Waals surface area contributed by atoms with E-state index in [4.69, 9.17) is 19.7 Å². The molecule has 1 aliphatic heterocycles. The van der Waals surface area contributed by atoms with Gasteiger partial charge in [-0.2, -0.15) is 0 Å². The highest BCUT2D eigenvalue weighted by Gasteiger charge is 2.43. The van der Waals surface area contributed by atoms with Gasteiger partial charge in [0.05, 0.1) is 19.3 Å². The molecule has 0 aromatic carbocycles. The van der Waals surface area contributed by atoms with E-state index in [1.807, 2.05) is 13.0 Å². The summed E-state index contributed by atoms with van der Waals surface area (Å²) in [6.07, 6.45) is -3.36. The van der Waals surface area contributed by atoms with Crippen LogP contribution in [0.5, 0.6) is 0 Å².